The highest BCUT2D eigenvalue weighted by Crippen LogP contribution is 2.16. The molecule has 112 valence electrons. The van der Waals surface area contributed by atoms with Crippen LogP contribution in [-0.4, -0.2) is 30.3 Å². The second-order valence-electron chi connectivity index (χ2n) is 5.23. The zero-order valence-electron chi connectivity index (χ0n) is 12.6. The van der Waals surface area contributed by atoms with Gasteiger partial charge in [-0.15, -0.1) is 0 Å². The number of aryl methyl sites for hydroxylation is 1. The van der Waals surface area contributed by atoms with Crippen molar-refractivity contribution in [1.29, 1.82) is 0 Å². The van der Waals surface area contributed by atoms with Crippen molar-refractivity contribution in [3.63, 3.8) is 0 Å². The van der Waals surface area contributed by atoms with Crippen molar-refractivity contribution in [1.82, 2.24) is 5.32 Å². The van der Waals surface area contributed by atoms with Gasteiger partial charge in [0.2, 0.25) is 0 Å². The highest BCUT2D eigenvalue weighted by Gasteiger charge is 2.30. The number of hydrogen-bond donors (Lipinski definition) is 2. The fraction of sp³-hybridized carbons (Fsp3) is 0.562. The quantitative estimate of drug-likeness (QED) is 0.730. The summed E-state index contributed by atoms with van der Waals surface area (Å²) in [7, 11) is 1.65. The lowest BCUT2D eigenvalue weighted by Crippen LogP contribution is -2.48. The van der Waals surface area contributed by atoms with Gasteiger partial charge < -0.3 is 15.2 Å². The van der Waals surface area contributed by atoms with Gasteiger partial charge >= 0.3 is 5.97 Å². The first-order valence-corrected chi connectivity index (χ1v) is 7.16. The number of ether oxygens (including phenoxy) is 1. The number of hydrogen-bond acceptors (Lipinski definition) is 3. The normalized spacial score (nSPS) is 13.8. The molecule has 1 atom stereocenters. The smallest absolute Gasteiger partial charge is 0.323 e. The van der Waals surface area contributed by atoms with Crippen LogP contribution in [0, 0.1) is 0 Å². The number of carbonyl (C=O) groups is 1. The number of carboxylic acids is 1. The highest BCUT2D eigenvalue weighted by atomic mass is 16.5. The molecule has 0 aliphatic heterocycles. The number of benzene rings is 1. The van der Waals surface area contributed by atoms with Crippen LogP contribution in [0.1, 0.15) is 38.7 Å². The summed E-state index contributed by atoms with van der Waals surface area (Å²) in [5.74, 6) is -0.0763. The number of carboxylic acid groups (broad SMARTS) is 1. The maximum absolute atomic E-state index is 11.1. The highest BCUT2D eigenvalue weighted by molar-refractivity contribution is 5.78. The van der Waals surface area contributed by atoms with E-state index in [1.807, 2.05) is 12.1 Å². The summed E-state index contributed by atoms with van der Waals surface area (Å²) in [6.07, 6.45) is 3.89. The summed E-state index contributed by atoms with van der Waals surface area (Å²) in [5, 5.41) is 11.9. The van der Waals surface area contributed by atoms with Crippen LogP contribution in [-0.2, 0) is 11.2 Å². The monoisotopic (exact) mass is 279 g/mol. The summed E-state index contributed by atoms with van der Waals surface area (Å²) < 4.78 is 5.61. The van der Waals surface area contributed by atoms with Crippen molar-refractivity contribution in [2.75, 3.05) is 13.7 Å². The summed E-state index contributed by atoms with van der Waals surface area (Å²) in [6.45, 7) is 4.21. The Morgan fingerprint density at radius 3 is 2.50 bits per heavy atom. The molecule has 0 amide bonds. The molecule has 20 heavy (non-hydrogen) atoms. The van der Waals surface area contributed by atoms with Gasteiger partial charge in [0.25, 0.3) is 0 Å². The van der Waals surface area contributed by atoms with Crippen molar-refractivity contribution in [2.24, 2.45) is 0 Å². The third kappa shape index (κ3) is 4.85. The van der Waals surface area contributed by atoms with E-state index in [1.165, 1.54) is 18.4 Å². The first-order valence-electron chi connectivity index (χ1n) is 7.16. The van der Waals surface area contributed by atoms with Crippen molar-refractivity contribution < 1.29 is 14.6 Å². The van der Waals surface area contributed by atoms with Crippen molar-refractivity contribution in [2.45, 2.75) is 45.1 Å². The zero-order chi connectivity index (χ0) is 15.0. The molecular formula is C16H25NO3. The molecule has 0 bridgehead atoms. The van der Waals surface area contributed by atoms with Gasteiger partial charge in [0, 0.05) is 6.42 Å². The zero-order valence-corrected chi connectivity index (χ0v) is 12.6. The largest absolute Gasteiger partial charge is 0.494 e. The van der Waals surface area contributed by atoms with Gasteiger partial charge in [0.15, 0.2) is 0 Å². The van der Waals surface area contributed by atoms with Gasteiger partial charge in [-0.1, -0.05) is 25.5 Å². The third-order valence-corrected chi connectivity index (χ3v) is 3.64. The maximum atomic E-state index is 11.1. The molecule has 0 radical (unpaired) electrons. The molecular weight excluding hydrogens is 254 g/mol. The lowest BCUT2D eigenvalue weighted by Gasteiger charge is -2.23. The van der Waals surface area contributed by atoms with E-state index in [2.05, 4.69) is 24.4 Å². The first-order chi connectivity index (χ1) is 9.51. The molecule has 1 rings (SSSR count). The first kappa shape index (κ1) is 16.5. The van der Waals surface area contributed by atoms with Crippen molar-refractivity contribution >= 4 is 5.97 Å². The molecule has 1 aromatic rings. The fourth-order valence-electron chi connectivity index (χ4n) is 1.85. The second-order valence-corrected chi connectivity index (χ2v) is 5.23. The Morgan fingerprint density at radius 2 is 2.00 bits per heavy atom. The molecule has 0 spiro atoms. The van der Waals surface area contributed by atoms with E-state index < -0.39 is 11.5 Å². The number of unbranched alkanes of at least 4 members (excludes halogenated alkanes) is 1. The van der Waals surface area contributed by atoms with Crippen LogP contribution in [0.3, 0.4) is 0 Å². The minimum Gasteiger partial charge on any atom is -0.494 e. The topological polar surface area (TPSA) is 58.6 Å². The molecule has 0 saturated heterocycles. The lowest BCUT2D eigenvalue weighted by molar-refractivity contribution is -0.144. The van der Waals surface area contributed by atoms with E-state index in [0.29, 0.717) is 13.0 Å². The molecule has 0 fully saturated rings. The average molecular weight is 279 g/mol. The predicted molar refractivity (Wildman–Crippen MR) is 80.3 cm³/mol. The molecule has 0 aliphatic carbocycles. The predicted octanol–water partition coefficient (Wildman–Crippen LogP) is 2.86. The molecule has 4 nitrogen and oxygen atoms in total. The van der Waals surface area contributed by atoms with Crippen LogP contribution in [0.4, 0.5) is 0 Å². The van der Waals surface area contributed by atoms with Gasteiger partial charge in [-0.3, -0.25) is 4.79 Å². The molecule has 4 heteroatoms. The van der Waals surface area contributed by atoms with Gasteiger partial charge in [-0.2, -0.15) is 0 Å². The van der Waals surface area contributed by atoms with Crippen molar-refractivity contribution in [3.8, 4) is 5.75 Å². The van der Waals surface area contributed by atoms with Crippen molar-refractivity contribution in [3.05, 3.63) is 29.8 Å². The average Bonchev–Trinajstić information content (AvgIpc) is 2.46. The van der Waals surface area contributed by atoms with Gasteiger partial charge in [0.05, 0.1) is 6.61 Å². The van der Waals surface area contributed by atoms with Crippen LogP contribution in [0.5, 0.6) is 5.75 Å². The summed E-state index contributed by atoms with van der Waals surface area (Å²) in [5.41, 5.74) is 0.367. The number of aliphatic carboxylic acids is 1. The SMILES string of the molecule is CCCCc1ccc(OCCC(C)(NC)C(=O)O)cc1. The standard InChI is InChI=1S/C16H25NO3/c1-4-5-6-13-7-9-14(10-8-13)20-12-11-16(2,17-3)15(18)19/h7-10,17H,4-6,11-12H2,1-3H3,(H,18,19). The Morgan fingerprint density at radius 1 is 1.35 bits per heavy atom. The van der Waals surface area contributed by atoms with Gasteiger partial charge in [-0.05, 0) is 44.5 Å². The van der Waals surface area contributed by atoms with Crippen LogP contribution in [0.25, 0.3) is 0 Å². The van der Waals surface area contributed by atoms with E-state index >= 15 is 0 Å². The fourth-order valence-corrected chi connectivity index (χ4v) is 1.85. The Kier molecular flexibility index (Phi) is 6.52. The molecule has 1 unspecified atom stereocenters. The molecule has 0 heterocycles. The van der Waals surface area contributed by atoms with Crippen LogP contribution >= 0.6 is 0 Å². The molecule has 1 aromatic carbocycles. The summed E-state index contributed by atoms with van der Waals surface area (Å²) in [4.78, 5) is 11.1. The maximum Gasteiger partial charge on any atom is 0.323 e. The Labute approximate surface area is 121 Å². The minimum atomic E-state index is -0.943. The van der Waals surface area contributed by atoms with E-state index in [1.54, 1.807) is 14.0 Å². The third-order valence-electron chi connectivity index (χ3n) is 3.64. The minimum absolute atomic E-state index is 0.373. The molecule has 2 N–H and O–H groups in total. The van der Waals surface area contributed by atoms with Crippen LogP contribution < -0.4 is 10.1 Å². The summed E-state index contributed by atoms with van der Waals surface area (Å²) in [6, 6.07) is 8.03. The number of nitrogens with one attached hydrogen (secondary N) is 1. The van der Waals surface area contributed by atoms with E-state index in [4.69, 9.17) is 9.84 Å². The molecule has 0 saturated carbocycles. The summed E-state index contributed by atoms with van der Waals surface area (Å²) >= 11 is 0. The van der Waals surface area contributed by atoms with E-state index in [0.717, 1.165) is 12.2 Å². The molecule has 0 aliphatic rings. The van der Waals surface area contributed by atoms with E-state index in [-0.39, 0.29) is 0 Å². The Bertz CT molecular complexity index is 416. The number of rotatable bonds is 9. The second kappa shape index (κ2) is 7.90. The van der Waals surface area contributed by atoms with Crippen LogP contribution in [0.15, 0.2) is 24.3 Å². The Balaban J connectivity index is 2.44. The van der Waals surface area contributed by atoms with Crippen LogP contribution in [0.2, 0.25) is 0 Å². The lowest BCUT2D eigenvalue weighted by atomic mass is 9.99. The molecule has 0 aromatic heterocycles. The number of likely N-dealkylation sites (N-methyl/N-ethyl adjacent to an activating group) is 1. The van der Waals surface area contributed by atoms with Gasteiger partial charge in [-0.25, -0.2) is 0 Å². The van der Waals surface area contributed by atoms with Gasteiger partial charge in [0.1, 0.15) is 11.3 Å². The Hall–Kier alpha value is -1.55. The van der Waals surface area contributed by atoms with E-state index in [9.17, 15) is 4.79 Å².